The summed E-state index contributed by atoms with van der Waals surface area (Å²) < 4.78 is 32.2. The molecule has 0 radical (unpaired) electrons. The van der Waals surface area contributed by atoms with Gasteiger partial charge in [-0.25, -0.2) is 8.42 Å². The predicted octanol–water partition coefficient (Wildman–Crippen LogP) is 3.52. The third kappa shape index (κ3) is 3.43. The number of ether oxygens (including phenoxy) is 1. The highest BCUT2D eigenvalue weighted by Gasteiger charge is 2.28. The Hall–Kier alpha value is -2.08. The van der Waals surface area contributed by atoms with Crippen LogP contribution in [-0.4, -0.2) is 25.8 Å². The fraction of sp³-hybridized carbons (Fsp3) is 0.476. The first-order valence-corrected chi connectivity index (χ1v) is 11.4. The van der Waals surface area contributed by atoms with E-state index in [1.54, 1.807) is 18.2 Å². The topological polar surface area (TPSA) is 65.4 Å². The van der Waals surface area contributed by atoms with E-state index in [1.807, 2.05) is 17.6 Å². The van der Waals surface area contributed by atoms with Crippen molar-refractivity contribution in [2.24, 2.45) is 5.92 Å². The number of fused-ring (bicyclic) bond motifs is 1. The van der Waals surface area contributed by atoms with E-state index in [1.165, 1.54) is 19.1 Å². The van der Waals surface area contributed by atoms with Crippen LogP contribution in [-0.2, 0) is 16.4 Å². The van der Waals surface area contributed by atoms with Crippen LogP contribution >= 0.6 is 0 Å². The molecule has 1 saturated carbocycles. The minimum absolute atomic E-state index is 0.0396. The van der Waals surface area contributed by atoms with Crippen LogP contribution < -0.4 is 10.3 Å². The van der Waals surface area contributed by atoms with Crippen molar-refractivity contribution in [1.82, 2.24) is 4.57 Å². The Balaban J connectivity index is 1.92. The number of aromatic nitrogens is 1. The van der Waals surface area contributed by atoms with Gasteiger partial charge in [0.15, 0.2) is 9.84 Å². The minimum Gasteiger partial charge on any atom is -0.493 e. The highest BCUT2D eigenvalue weighted by molar-refractivity contribution is 7.90. The number of nitrogens with zero attached hydrogens (tertiary/aromatic N) is 1. The normalized spacial score (nSPS) is 19.1. The zero-order valence-electron chi connectivity index (χ0n) is 16.0. The van der Waals surface area contributed by atoms with Crippen LogP contribution in [0.25, 0.3) is 11.1 Å². The van der Waals surface area contributed by atoms with Gasteiger partial charge in [0.25, 0.3) is 5.56 Å². The van der Waals surface area contributed by atoms with Gasteiger partial charge in [0.2, 0.25) is 0 Å². The molecule has 1 aromatic heterocycles. The van der Waals surface area contributed by atoms with Gasteiger partial charge in [-0.2, -0.15) is 0 Å². The average molecular weight is 388 g/mol. The van der Waals surface area contributed by atoms with Gasteiger partial charge < -0.3 is 9.30 Å². The molecule has 1 aliphatic carbocycles. The maximum atomic E-state index is 12.6. The smallest absolute Gasteiger partial charge is 0.253 e. The molecule has 27 heavy (non-hydrogen) atoms. The number of benzene rings is 1. The molecular formula is C21H25NO4S. The summed E-state index contributed by atoms with van der Waals surface area (Å²) in [5, 5.41) is 0. The Morgan fingerprint density at radius 1 is 1.15 bits per heavy atom. The maximum Gasteiger partial charge on any atom is 0.253 e. The molecule has 1 unspecified atom stereocenters. The van der Waals surface area contributed by atoms with E-state index < -0.39 is 9.84 Å². The molecule has 2 aromatic rings. The fourth-order valence-electron chi connectivity index (χ4n) is 3.82. The molecule has 2 heterocycles. The highest BCUT2D eigenvalue weighted by atomic mass is 32.2. The predicted molar refractivity (Wildman–Crippen MR) is 105 cm³/mol. The van der Waals surface area contributed by atoms with E-state index in [4.69, 9.17) is 4.74 Å². The van der Waals surface area contributed by atoms with Gasteiger partial charge in [0.05, 0.1) is 11.5 Å². The van der Waals surface area contributed by atoms with E-state index in [-0.39, 0.29) is 16.4 Å². The second-order valence-electron chi connectivity index (χ2n) is 7.96. The number of hydrogen-bond acceptors (Lipinski definition) is 4. The van der Waals surface area contributed by atoms with E-state index in [2.05, 4.69) is 6.92 Å². The lowest BCUT2D eigenvalue weighted by atomic mass is 9.95. The average Bonchev–Trinajstić information content (AvgIpc) is 3.36. The van der Waals surface area contributed by atoms with Crippen LogP contribution in [0.5, 0.6) is 5.75 Å². The number of aryl methyl sites for hydroxylation is 1. The molecule has 4 rings (SSSR count). The zero-order chi connectivity index (χ0) is 19.3. The SMILES string of the molecule is Cc1cc(-c2cc(S(C)(=O)=O)ccc2OCC2CC2)c2n(c1=O)CCC2C. The summed E-state index contributed by atoms with van der Waals surface area (Å²) >= 11 is 0. The first-order valence-electron chi connectivity index (χ1n) is 9.47. The van der Waals surface area contributed by atoms with Crippen molar-refractivity contribution in [3.05, 3.63) is 45.9 Å². The van der Waals surface area contributed by atoms with Gasteiger partial charge in [0.1, 0.15) is 5.75 Å². The Kier molecular flexibility index (Phi) is 4.41. The molecule has 144 valence electrons. The van der Waals surface area contributed by atoms with E-state index in [9.17, 15) is 13.2 Å². The molecule has 6 heteroatoms. The zero-order valence-corrected chi connectivity index (χ0v) is 16.8. The van der Waals surface area contributed by atoms with Crippen molar-refractivity contribution < 1.29 is 13.2 Å². The van der Waals surface area contributed by atoms with Gasteiger partial charge in [-0.15, -0.1) is 0 Å². The van der Waals surface area contributed by atoms with Crippen LogP contribution in [0.3, 0.4) is 0 Å². The quantitative estimate of drug-likeness (QED) is 0.787. The van der Waals surface area contributed by atoms with Crippen molar-refractivity contribution in [1.29, 1.82) is 0 Å². The largest absolute Gasteiger partial charge is 0.493 e. The molecule has 2 aliphatic rings. The van der Waals surface area contributed by atoms with Crippen LogP contribution in [0.4, 0.5) is 0 Å². The third-order valence-electron chi connectivity index (χ3n) is 5.60. The molecular weight excluding hydrogens is 362 g/mol. The first kappa shape index (κ1) is 18.3. The van der Waals surface area contributed by atoms with Crippen LogP contribution in [0.2, 0.25) is 0 Å². The molecule has 1 aliphatic heterocycles. The van der Waals surface area contributed by atoms with Gasteiger partial charge >= 0.3 is 0 Å². The number of pyridine rings is 1. The second kappa shape index (κ2) is 6.51. The standard InChI is InChI=1S/C21H25NO4S/c1-13-8-9-22-20(13)18(10-14(2)21(22)23)17-11-16(27(3,24)25)6-7-19(17)26-12-15-4-5-15/h6-7,10-11,13,15H,4-5,8-9,12H2,1-3H3. The maximum absolute atomic E-state index is 12.6. The summed E-state index contributed by atoms with van der Waals surface area (Å²) in [7, 11) is -3.34. The molecule has 0 N–H and O–H groups in total. The molecule has 0 amide bonds. The highest BCUT2D eigenvalue weighted by Crippen LogP contribution is 2.41. The van der Waals surface area contributed by atoms with E-state index in [0.29, 0.717) is 30.4 Å². The molecule has 0 spiro atoms. The first-order chi connectivity index (χ1) is 12.8. The van der Waals surface area contributed by atoms with Gasteiger partial charge in [0, 0.05) is 35.2 Å². The minimum atomic E-state index is -3.34. The molecule has 0 saturated heterocycles. The number of hydrogen-bond donors (Lipinski definition) is 0. The Morgan fingerprint density at radius 3 is 2.56 bits per heavy atom. The summed E-state index contributed by atoms with van der Waals surface area (Å²) in [4.78, 5) is 12.8. The summed E-state index contributed by atoms with van der Waals surface area (Å²) in [6.45, 7) is 5.28. The van der Waals surface area contributed by atoms with Crippen LogP contribution in [0.15, 0.2) is 34.0 Å². The molecule has 0 bridgehead atoms. The van der Waals surface area contributed by atoms with E-state index in [0.717, 1.165) is 23.2 Å². The van der Waals surface area contributed by atoms with Crippen molar-refractivity contribution >= 4 is 9.84 Å². The van der Waals surface area contributed by atoms with Crippen molar-refractivity contribution in [3.8, 4) is 16.9 Å². The lowest BCUT2D eigenvalue weighted by molar-refractivity contribution is 0.301. The van der Waals surface area contributed by atoms with Gasteiger partial charge in [-0.05, 0) is 62.3 Å². The number of sulfone groups is 1. The molecule has 5 nitrogen and oxygen atoms in total. The van der Waals surface area contributed by atoms with Crippen molar-refractivity contribution in [2.75, 3.05) is 12.9 Å². The summed E-state index contributed by atoms with van der Waals surface area (Å²) in [6, 6.07) is 6.95. The van der Waals surface area contributed by atoms with Crippen molar-refractivity contribution in [2.45, 2.75) is 50.5 Å². The Labute approximate surface area is 159 Å². The number of rotatable bonds is 5. The Morgan fingerprint density at radius 2 is 1.89 bits per heavy atom. The van der Waals surface area contributed by atoms with Crippen LogP contribution in [0, 0.1) is 12.8 Å². The monoisotopic (exact) mass is 387 g/mol. The fourth-order valence-corrected chi connectivity index (χ4v) is 4.46. The molecule has 1 fully saturated rings. The summed E-state index contributed by atoms with van der Waals surface area (Å²) in [6.07, 6.45) is 4.49. The second-order valence-corrected chi connectivity index (χ2v) is 9.97. The lowest BCUT2D eigenvalue weighted by Crippen LogP contribution is -2.22. The molecule has 1 aromatic carbocycles. The van der Waals surface area contributed by atoms with Gasteiger partial charge in [-0.1, -0.05) is 6.92 Å². The summed E-state index contributed by atoms with van der Waals surface area (Å²) in [5.41, 5.74) is 3.36. The third-order valence-corrected chi connectivity index (χ3v) is 6.71. The lowest BCUT2D eigenvalue weighted by Gasteiger charge is -2.18. The Bertz CT molecular complexity index is 1060. The van der Waals surface area contributed by atoms with Crippen molar-refractivity contribution in [3.63, 3.8) is 0 Å². The molecule has 1 atom stereocenters. The van der Waals surface area contributed by atoms with E-state index >= 15 is 0 Å². The van der Waals surface area contributed by atoms with Gasteiger partial charge in [-0.3, -0.25) is 4.79 Å². The van der Waals surface area contributed by atoms with Crippen LogP contribution in [0.1, 0.15) is 43.4 Å². The summed E-state index contributed by atoms with van der Waals surface area (Å²) in [5.74, 6) is 1.53.